The summed E-state index contributed by atoms with van der Waals surface area (Å²) >= 11 is 0. The normalized spacial score (nSPS) is 22.0. The molecule has 0 atom stereocenters. The molecule has 0 aromatic carbocycles. The van der Waals surface area contributed by atoms with Gasteiger partial charge in [-0.2, -0.15) is 17.0 Å². The van der Waals surface area contributed by atoms with Crippen LogP contribution in [0.4, 0.5) is 0 Å². The van der Waals surface area contributed by atoms with Crippen molar-refractivity contribution in [2.24, 2.45) is 0 Å². The fourth-order valence-electron chi connectivity index (χ4n) is 3.55. The standard InChI is InChI=1S/C16H29N5O2S/c1-2-7-19-12-6-17-16(19)15-18-8-5-11-21(14-13-18)24(22,23)20-9-3-4-10-20/h6,12H,2-5,7-11,13-15H2,1H3. The lowest BCUT2D eigenvalue weighted by Crippen LogP contribution is -2.44. The van der Waals surface area contributed by atoms with Crippen LogP contribution in [0.25, 0.3) is 0 Å². The maximum Gasteiger partial charge on any atom is 0.282 e. The van der Waals surface area contributed by atoms with Crippen molar-refractivity contribution < 1.29 is 8.42 Å². The van der Waals surface area contributed by atoms with Crippen LogP contribution in [0.1, 0.15) is 38.4 Å². The van der Waals surface area contributed by atoms with Gasteiger partial charge >= 0.3 is 0 Å². The van der Waals surface area contributed by atoms with Gasteiger partial charge in [-0.25, -0.2) is 4.98 Å². The summed E-state index contributed by atoms with van der Waals surface area (Å²) in [6.45, 7) is 8.19. The molecule has 0 spiro atoms. The fourth-order valence-corrected chi connectivity index (χ4v) is 5.27. The number of hydrogen-bond donors (Lipinski definition) is 0. The van der Waals surface area contributed by atoms with Crippen LogP contribution in [0.3, 0.4) is 0 Å². The Kier molecular flexibility index (Phi) is 5.91. The van der Waals surface area contributed by atoms with Gasteiger partial charge < -0.3 is 4.57 Å². The van der Waals surface area contributed by atoms with E-state index in [0.717, 1.165) is 57.7 Å². The van der Waals surface area contributed by atoms with E-state index in [1.807, 2.05) is 12.4 Å². The Hall–Kier alpha value is -0.960. The zero-order chi connectivity index (χ0) is 17.0. The van der Waals surface area contributed by atoms with E-state index in [1.165, 1.54) is 0 Å². The highest BCUT2D eigenvalue weighted by Gasteiger charge is 2.32. The Morgan fingerprint density at radius 1 is 1.00 bits per heavy atom. The lowest BCUT2D eigenvalue weighted by Gasteiger charge is -2.26. The van der Waals surface area contributed by atoms with Gasteiger partial charge in [-0.05, 0) is 32.2 Å². The molecule has 2 saturated heterocycles. The van der Waals surface area contributed by atoms with Gasteiger partial charge in [0.15, 0.2) is 0 Å². The van der Waals surface area contributed by atoms with Crippen LogP contribution in [0.15, 0.2) is 12.4 Å². The third-order valence-electron chi connectivity index (χ3n) is 4.90. The summed E-state index contributed by atoms with van der Waals surface area (Å²) in [6.07, 6.45) is 7.82. The highest BCUT2D eigenvalue weighted by molar-refractivity contribution is 7.86. The molecule has 2 aliphatic heterocycles. The molecule has 7 nitrogen and oxygen atoms in total. The maximum atomic E-state index is 12.7. The van der Waals surface area contributed by atoms with E-state index in [0.29, 0.717) is 26.2 Å². The van der Waals surface area contributed by atoms with Crippen LogP contribution in [0.5, 0.6) is 0 Å². The lowest BCUT2D eigenvalue weighted by molar-refractivity contribution is 0.266. The smallest absolute Gasteiger partial charge is 0.282 e. The van der Waals surface area contributed by atoms with Crippen LogP contribution in [0.2, 0.25) is 0 Å². The summed E-state index contributed by atoms with van der Waals surface area (Å²) in [6, 6.07) is 0. The van der Waals surface area contributed by atoms with E-state index in [-0.39, 0.29) is 0 Å². The van der Waals surface area contributed by atoms with Crippen molar-refractivity contribution in [1.82, 2.24) is 23.1 Å². The minimum Gasteiger partial charge on any atom is -0.334 e. The number of imidazole rings is 1. The molecular formula is C16H29N5O2S. The summed E-state index contributed by atoms with van der Waals surface area (Å²) in [5, 5.41) is 0. The third-order valence-corrected chi connectivity index (χ3v) is 6.93. The van der Waals surface area contributed by atoms with Gasteiger partial charge in [0.05, 0.1) is 6.54 Å². The molecule has 0 amide bonds. The Morgan fingerprint density at radius 3 is 2.46 bits per heavy atom. The molecule has 0 bridgehead atoms. The topological polar surface area (TPSA) is 61.7 Å². The second-order valence-corrected chi connectivity index (χ2v) is 8.61. The summed E-state index contributed by atoms with van der Waals surface area (Å²) in [5.74, 6) is 1.08. The first kappa shape index (κ1) is 17.8. The summed E-state index contributed by atoms with van der Waals surface area (Å²) in [4.78, 5) is 6.80. The molecule has 0 radical (unpaired) electrons. The third kappa shape index (κ3) is 3.99. The van der Waals surface area contributed by atoms with Crippen LogP contribution >= 0.6 is 0 Å². The van der Waals surface area contributed by atoms with E-state index in [4.69, 9.17) is 0 Å². The van der Waals surface area contributed by atoms with Gasteiger partial charge in [0.2, 0.25) is 0 Å². The number of rotatable bonds is 6. The summed E-state index contributed by atoms with van der Waals surface area (Å²) in [7, 11) is -3.27. The van der Waals surface area contributed by atoms with E-state index in [1.54, 1.807) is 8.61 Å². The predicted octanol–water partition coefficient (Wildman–Crippen LogP) is 1.14. The first-order valence-corrected chi connectivity index (χ1v) is 10.5. The molecule has 1 aromatic rings. The maximum absolute atomic E-state index is 12.7. The van der Waals surface area contributed by atoms with Crippen LogP contribution in [-0.4, -0.2) is 70.7 Å². The first-order chi connectivity index (χ1) is 11.6. The Morgan fingerprint density at radius 2 is 1.71 bits per heavy atom. The van der Waals surface area contributed by atoms with E-state index in [9.17, 15) is 8.42 Å². The molecule has 0 N–H and O–H groups in total. The zero-order valence-corrected chi connectivity index (χ0v) is 15.4. The molecule has 0 saturated carbocycles. The average Bonchev–Trinajstić information content (AvgIpc) is 3.18. The second kappa shape index (κ2) is 7.95. The number of aromatic nitrogens is 2. The van der Waals surface area contributed by atoms with Crippen molar-refractivity contribution in [2.45, 2.75) is 45.7 Å². The Bertz CT molecular complexity index is 624. The van der Waals surface area contributed by atoms with Gasteiger partial charge in [0.25, 0.3) is 10.2 Å². The van der Waals surface area contributed by atoms with Gasteiger partial charge in [0, 0.05) is 51.7 Å². The van der Waals surface area contributed by atoms with Crippen molar-refractivity contribution in [3.8, 4) is 0 Å². The van der Waals surface area contributed by atoms with Gasteiger partial charge in [-0.3, -0.25) is 4.90 Å². The minimum atomic E-state index is -3.27. The molecule has 136 valence electrons. The SMILES string of the molecule is CCCn1ccnc1CN1CCCN(S(=O)(=O)N2CCCC2)CC1. The van der Waals surface area contributed by atoms with Crippen molar-refractivity contribution >= 4 is 10.2 Å². The minimum absolute atomic E-state index is 0.577. The number of nitrogens with zero attached hydrogens (tertiary/aromatic N) is 5. The molecule has 1 aromatic heterocycles. The van der Waals surface area contributed by atoms with E-state index in [2.05, 4.69) is 21.4 Å². The van der Waals surface area contributed by atoms with Gasteiger partial charge in [-0.15, -0.1) is 0 Å². The number of aryl methyl sites for hydroxylation is 1. The molecule has 8 heteroatoms. The molecule has 3 heterocycles. The van der Waals surface area contributed by atoms with Crippen molar-refractivity contribution in [2.75, 3.05) is 39.3 Å². The molecule has 2 fully saturated rings. The average molecular weight is 356 g/mol. The zero-order valence-electron chi connectivity index (χ0n) is 14.6. The van der Waals surface area contributed by atoms with E-state index >= 15 is 0 Å². The van der Waals surface area contributed by atoms with Crippen molar-refractivity contribution in [1.29, 1.82) is 0 Å². The highest BCUT2D eigenvalue weighted by atomic mass is 32.2. The van der Waals surface area contributed by atoms with Crippen molar-refractivity contribution in [3.63, 3.8) is 0 Å². The molecule has 3 rings (SSSR count). The molecule has 24 heavy (non-hydrogen) atoms. The highest BCUT2D eigenvalue weighted by Crippen LogP contribution is 2.18. The Labute approximate surface area is 145 Å². The van der Waals surface area contributed by atoms with Crippen LogP contribution in [-0.2, 0) is 23.3 Å². The molecule has 2 aliphatic rings. The molecule has 0 aliphatic carbocycles. The quantitative estimate of drug-likeness (QED) is 0.768. The van der Waals surface area contributed by atoms with Crippen molar-refractivity contribution in [3.05, 3.63) is 18.2 Å². The van der Waals surface area contributed by atoms with Crippen LogP contribution < -0.4 is 0 Å². The second-order valence-electron chi connectivity index (χ2n) is 6.68. The number of hydrogen-bond acceptors (Lipinski definition) is 4. The predicted molar refractivity (Wildman–Crippen MR) is 93.7 cm³/mol. The fraction of sp³-hybridized carbons (Fsp3) is 0.812. The van der Waals surface area contributed by atoms with E-state index < -0.39 is 10.2 Å². The van der Waals surface area contributed by atoms with Gasteiger partial charge in [0.1, 0.15) is 5.82 Å². The Balaban J connectivity index is 1.59. The monoisotopic (exact) mass is 355 g/mol. The lowest BCUT2D eigenvalue weighted by atomic mass is 10.3. The van der Waals surface area contributed by atoms with Crippen LogP contribution in [0, 0.1) is 0 Å². The summed E-state index contributed by atoms with van der Waals surface area (Å²) < 4.78 is 31.0. The molecular weight excluding hydrogens is 326 g/mol. The molecule has 0 unspecified atom stereocenters. The largest absolute Gasteiger partial charge is 0.334 e. The first-order valence-electron chi connectivity index (χ1n) is 9.09. The summed E-state index contributed by atoms with van der Waals surface area (Å²) in [5.41, 5.74) is 0. The van der Waals surface area contributed by atoms with Gasteiger partial charge in [-0.1, -0.05) is 6.92 Å².